The maximum Gasteiger partial charge on any atom is 0.230 e. The summed E-state index contributed by atoms with van der Waals surface area (Å²) in [5, 5.41) is 4.36. The number of aromatic nitrogens is 2. The second-order valence-electron chi connectivity index (χ2n) is 6.71. The van der Waals surface area contributed by atoms with Gasteiger partial charge < -0.3 is 4.90 Å². The van der Waals surface area contributed by atoms with Crippen molar-refractivity contribution in [1.82, 2.24) is 14.7 Å². The van der Waals surface area contributed by atoms with E-state index >= 15 is 0 Å². The van der Waals surface area contributed by atoms with Gasteiger partial charge in [0, 0.05) is 25.5 Å². The van der Waals surface area contributed by atoms with Crippen LogP contribution in [0, 0.1) is 0 Å². The predicted molar refractivity (Wildman–Crippen MR) is 89.2 cm³/mol. The van der Waals surface area contributed by atoms with Crippen LogP contribution < -0.4 is 0 Å². The van der Waals surface area contributed by atoms with Crippen molar-refractivity contribution in [3.63, 3.8) is 0 Å². The third-order valence-corrected chi connectivity index (χ3v) is 5.27. The molecule has 0 bridgehead atoms. The average Bonchev–Trinajstić information content (AvgIpc) is 3.15. The summed E-state index contributed by atoms with van der Waals surface area (Å²) in [4.78, 5) is 15.2. The number of rotatable bonds is 2. The summed E-state index contributed by atoms with van der Waals surface area (Å²) in [6.45, 7) is 1.68. The van der Waals surface area contributed by atoms with Gasteiger partial charge in [0.05, 0.1) is 12.0 Å². The summed E-state index contributed by atoms with van der Waals surface area (Å²) in [5.41, 5.74) is 2.61. The van der Waals surface area contributed by atoms with Crippen LogP contribution >= 0.6 is 0 Å². The van der Waals surface area contributed by atoms with Gasteiger partial charge in [-0.25, -0.2) is 0 Å². The number of carbonyl (C=O) groups is 1. The van der Waals surface area contributed by atoms with Crippen LogP contribution in [0.1, 0.15) is 48.8 Å². The molecule has 1 aliphatic carbocycles. The molecule has 120 valence electrons. The number of fused-ring (bicyclic) bond motifs is 1. The zero-order valence-electron chi connectivity index (χ0n) is 13.4. The Morgan fingerprint density at radius 2 is 2.04 bits per heavy atom. The summed E-state index contributed by atoms with van der Waals surface area (Å²) < 4.78 is 2.01. The van der Waals surface area contributed by atoms with E-state index in [1.54, 1.807) is 0 Å². The van der Waals surface area contributed by atoms with Gasteiger partial charge in [-0.1, -0.05) is 24.3 Å². The second-order valence-corrected chi connectivity index (χ2v) is 6.71. The minimum Gasteiger partial charge on any atom is -0.340 e. The Labute approximate surface area is 137 Å². The third kappa shape index (κ3) is 2.78. The highest BCUT2D eigenvalue weighted by atomic mass is 16.2. The van der Waals surface area contributed by atoms with Crippen molar-refractivity contribution in [2.75, 3.05) is 13.1 Å². The molecule has 1 amide bonds. The van der Waals surface area contributed by atoms with Crippen LogP contribution in [0.25, 0.3) is 0 Å². The first-order valence-electron chi connectivity index (χ1n) is 8.68. The highest BCUT2D eigenvalue weighted by Crippen LogP contribution is 2.34. The fourth-order valence-electron chi connectivity index (χ4n) is 4.10. The molecular weight excluding hydrogens is 286 g/mol. The van der Waals surface area contributed by atoms with Crippen molar-refractivity contribution < 1.29 is 4.79 Å². The molecule has 0 unspecified atom stereocenters. The number of likely N-dealkylation sites (tertiary alicyclic amines) is 1. The maximum absolute atomic E-state index is 13.1. The van der Waals surface area contributed by atoms with Crippen molar-refractivity contribution in [2.24, 2.45) is 0 Å². The van der Waals surface area contributed by atoms with E-state index in [0.717, 1.165) is 45.2 Å². The molecule has 4 heteroatoms. The average molecular weight is 309 g/mol. The van der Waals surface area contributed by atoms with Gasteiger partial charge >= 0.3 is 0 Å². The van der Waals surface area contributed by atoms with Crippen LogP contribution in [0.3, 0.4) is 0 Å². The van der Waals surface area contributed by atoms with Gasteiger partial charge in [0.1, 0.15) is 0 Å². The molecule has 2 heterocycles. The van der Waals surface area contributed by atoms with Gasteiger partial charge in [-0.3, -0.25) is 9.48 Å². The van der Waals surface area contributed by atoms with E-state index in [0.29, 0.717) is 11.9 Å². The van der Waals surface area contributed by atoms with Crippen LogP contribution in [0.2, 0.25) is 0 Å². The molecule has 1 aromatic carbocycles. The molecule has 0 saturated carbocycles. The van der Waals surface area contributed by atoms with E-state index < -0.39 is 0 Å². The van der Waals surface area contributed by atoms with E-state index in [4.69, 9.17) is 0 Å². The van der Waals surface area contributed by atoms with E-state index in [9.17, 15) is 4.79 Å². The van der Waals surface area contributed by atoms with Crippen LogP contribution in [0.5, 0.6) is 0 Å². The molecule has 0 radical (unpaired) electrons. The number of amides is 1. The highest BCUT2D eigenvalue weighted by molar-refractivity contribution is 5.84. The van der Waals surface area contributed by atoms with Gasteiger partial charge in [-0.15, -0.1) is 0 Å². The van der Waals surface area contributed by atoms with Crippen LogP contribution in [-0.4, -0.2) is 33.7 Å². The van der Waals surface area contributed by atoms with Crippen molar-refractivity contribution in [3.8, 4) is 0 Å². The topological polar surface area (TPSA) is 38.1 Å². The third-order valence-electron chi connectivity index (χ3n) is 5.27. The molecule has 1 saturated heterocycles. The molecule has 1 aromatic heterocycles. The first-order valence-corrected chi connectivity index (χ1v) is 8.68. The predicted octanol–water partition coefficient (Wildman–Crippen LogP) is 3.17. The van der Waals surface area contributed by atoms with Gasteiger partial charge in [-0.05, 0) is 49.3 Å². The summed E-state index contributed by atoms with van der Waals surface area (Å²) in [7, 11) is 0. The lowest BCUT2D eigenvalue weighted by atomic mass is 9.82. The van der Waals surface area contributed by atoms with Gasteiger partial charge in [0.2, 0.25) is 5.91 Å². The van der Waals surface area contributed by atoms with E-state index in [2.05, 4.69) is 34.3 Å². The van der Waals surface area contributed by atoms with Crippen molar-refractivity contribution in [2.45, 2.75) is 44.1 Å². The van der Waals surface area contributed by atoms with Crippen molar-refractivity contribution in [3.05, 3.63) is 53.9 Å². The monoisotopic (exact) mass is 309 g/mol. The van der Waals surface area contributed by atoms with Gasteiger partial charge in [0.25, 0.3) is 0 Å². The first kappa shape index (κ1) is 14.5. The molecule has 0 N–H and O–H groups in total. The normalized spacial score (nSPS) is 24.3. The number of benzene rings is 1. The molecule has 1 fully saturated rings. The second kappa shape index (κ2) is 6.19. The molecular formula is C19H23N3O. The highest BCUT2D eigenvalue weighted by Gasteiger charge is 2.32. The number of nitrogens with zero attached hydrogens (tertiary/aromatic N) is 3. The molecule has 0 spiro atoms. The van der Waals surface area contributed by atoms with E-state index in [1.165, 1.54) is 11.1 Å². The van der Waals surface area contributed by atoms with Crippen molar-refractivity contribution in [1.29, 1.82) is 0 Å². The zero-order chi connectivity index (χ0) is 15.6. The molecule has 2 aliphatic rings. The number of carbonyl (C=O) groups excluding carboxylic acids is 1. The molecule has 4 nitrogen and oxygen atoms in total. The Balaban J connectivity index is 1.53. The zero-order valence-corrected chi connectivity index (χ0v) is 13.4. The number of hydrogen-bond acceptors (Lipinski definition) is 2. The Bertz CT molecular complexity index is 680. The minimum absolute atomic E-state index is 0.0521. The lowest BCUT2D eigenvalue weighted by molar-refractivity contribution is -0.134. The fourth-order valence-corrected chi connectivity index (χ4v) is 4.10. The molecule has 2 aromatic rings. The van der Waals surface area contributed by atoms with E-state index in [1.807, 2.05) is 23.1 Å². The standard InChI is InChI=1S/C19H23N3O/c23-19(18-10-3-7-15-6-1-2-9-17(15)18)21-12-4-8-16(14-21)22-13-5-11-20-22/h1-2,5-6,9,11,13,16,18H,3-4,7-8,10,12,14H2/t16-,18+/m0/s1. The fraction of sp³-hybridized carbons (Fsp3) is 0.474. The Morgan fingerprint density at radius 1 is 1.13 bits per heavy atom. The Morgan fingerprint density at radius 3 is 2.91 bits per heavy atom. The minimum atomic E-state index is 0.0521. The van der Waals surface area contributed by atoms with Crippen LogP contribution in [0.15, 0.2) is 42.7 Å². The smallest absolute Gasteiger partial charge is 0.230 e. The SMILES string of the molecule is O=C([C@@H]1CCCc2ccccc21)N1CCC[C@H](n2cccn2)C1. The Kier molecular flexibility index (Phi) is 3.90. The summed E-state index contributed by atoms with van der Waals surface area (Å²) in [6.07, 6.45) is 9.20. The molecule has 1 aliphatic heterocycles. The Hall–Kier alpha value is -2.10. The largest absolute Gasteiger partial charge is 0.340 e. The number of piperidine rings is 1. The summed E-state index contributed by atoms with van der Waals surface area (Å²) in [5.74, 6) is 0.366. The quantitative estimate of drug-likeness (QED) is 0.854. The van der Waals surface area contributed by atoms with Crippen LogP contribution in [0.4, 0.5) is 0 Å². The maximum atomic E-state index is 13.1. The summed E-state index contributed by atoms with van der Waals surface area (Å²) >= 11 is 0. The lowest BCUT2D eigenvalue weighted by Crippen LogP contribution is -2.43. The van der Waals surface area contributed by atoms with Crippen LogP contribution in [-0.2, 0) is 11.2 Å². The van der Waals surface area contributed by atoms with E-state index in [-0.39, 0.29) is 5.92 Å². The van der Waals surface area contributed by atoms with Crippen molar-refractivity contribution >= 4 is 5.91 Å². The number of aryl methyl sites for hydroxylation is 1. The molecule has 4 rings (SSSR count). The molecule has 2 atom stereocenters. The molecule has 23 heavy (non-hydrogen) atoms. The summed E-state index contributed by atoms with van der Waals surface area (Å²) in [6, 6.07) is 10.7. The number of hydrogen-bond donors (Lipinski definition) is 0. The lowest BCUT2D eigenvalue weighted by Gasteiger charge is -2.36. The van der Waals surface area contributed by atoms with Gasteiger partial charge in [0.15, 0.2) is 0 Å². The first-order chi connectivity index (χ1) is 11.3. The van der Waals surface area contributed by atoms with Gasteiger partial charge in [-0.2, -0.15) is 5.10 Å².